The second-order valence-corrected chi connectivity index (χ2v) is 9.16. The van der Waals surface area contributed by atoms with Gasteiger partial charge in [0, 0.05) is 19.0 Å². The van der Waals surface area contributed by atoms with Crippen LogP contribution in [-0.2, 0) is 14.8 Å². The normalized spacial score (nSPS) is 26.8. The lowest BCUT2D eigenvalue weighted by Gasteiger charge is -2.32. The number of carbonyl (C=O) groups is 1. The highest BCUT2D eigenvalue weighted by atomic mass is 32.2. The third-order valence-corrected chi connectivity index (χ3v) is 7.12. The number of rotatable bonds is 6. The van der Waals surface area contributed by atoms with Gasteiger partial charge in [0.25, 0.3) is 0 Å². The Morgan fingerprint density at radius 2 is 1.81 bits per heavy atom. The maximum Gasteiger partial charge on any atom is 0.240 e. The van der Waals surface area contributed by atoms with Crippen molar-refractivity contribution in [3.05, 3.63) is 30.3 Å². The number of sulfonamides is 1. The van der Waals surface area contributed by atoms with Gasteiger partial charge in [-0.25, -0.2) is 13.1 Å². The van der Waals surface area contributed by atoms with Crippen LogP contribution < -0.4 is 4.72 Å². The third kappa shape index (κ3) is 4.45. The maximum absolute atomic E-state index is 12.7. The molecule has 1 saturated heterocycles. The fraction of sp³-hybridized carbons (Fsp3) is 0.632. The Kier molecular flexibility index (Phi) is 6.32. The number of nitrogens with one attached hydrogen (secondary N) is 1. The molecule has 2 aliphatic rings. The van der Waals surface area contributed by atoms with E-state index in [4.69, 9.17) is 0 Å². The van der Waals surface area contributed by atoms with E-state index in [0.29, 0.717) is 6.54 Å². The van der Waals surface area contributed by atoms with E-state index < -0.39 is 10.0 Å². The largest absolute Gasteiger partial charge is 0.394 e. The minimum atomic E-state index is -3.47. The topological polar surface area (TPSA) is 86.7 Å². The van der Waals surface area contributed by atoms with Gasteiger partial charge < -0.3 is 10.0 Å². The molecule has 1 saturated carbocycles. The first kappa shape index (κ1) is 19.3. The Morgan fingerprint density at radius 1 is 1.12 bits per heavy atom. The number of amides is 1. The first-order valence-electron chi connectivity index (χ1n) is 9.47. The molecule has 1 aliphatic carbocycles. The average Bonchev–Trinajstić information content (AvgIpc) is 3.16. The molecule has 0 spiro atoms. The van der Waals surface area contributed by atoms with Crippen molar-refractivity contribution >= 4 is 15.9 Å². The Bertz CT molecular complexity index is 700. The second kappa shape index (κ2) is 8.50. The van der Waals surface area contributed by atoms with E-state index in [0.717, 1.165) is 45.1 Å². The highest BCUT2D eigenvalue weighted by molar-refractivity contribution is 7.89. The van der Waals surface area contributed by atoms with Crippen molar-refractivity contribution in [2.45, 2.75) is 49.5 Å². The maximum atomic E-state index is 12.7. The van der Waals surface area contributed by atoms with Crippen LogP contribution in [0, 0.1) is 11.8 Å². The number of carbonyl (C=O) groups excluding carboxylic acids is 1. The summed E-state index contributed by atoms with van der Waals surface area (Å²) < 4.78 is 27.3. The number of aliphatic hydroxyl groups is 1. The lowest BCUT2D eigenvalue weighted by molar-refractivity contribution is -0.138. The summed E-state index contributed by atoms with van der Waals surface area (Å²) in [6.45, 7) is 1.21. The van der Waals surface area contributed by atoms with Crippen LogP contribution in [-0.4, -0.2) is 50.1 Å². The highest BCUT2D eigenvalue weighted by Crippen LogP contribution is 2.32. The van der Waals surface area contributed by atoms with Crippen molar-refractivity contribution in [3.63, 3.8) is 0 Å². The Hall–Kier alpha value is -1.44. The van der Waals surface area contributed by atoms with E-state index in [2.05, 4.69) is 4.72 Å². The zero-order chi connectivity index (χ0) is 18.6. The van der Waals surface area contributed by atoms with Crippen LogP contribution in [0.4, 0.5) is 0 Å². The average molecular weight is 381 g/mol. The van der Waals surface area contributed by atoms with Crippen LogP contribution >= 0.6 is 0 Å². The Labute approximate surface area is 155 Å². The van der Waals surface area contributed by atoms with Crippen molar-refractivity contribution in [3.8, 4) is 0 Å². The van der Waals surface area contributed by atoms with E-state index >= 15 is 0 Å². The molecule has 2 N–H and O–H groups in total. The molecule has 0 bridgehead atoms. The number of hydrogen-bond acceptors (Lipinski definition) is 4. The van der Waals surface area contributed by atoms with Crippen LogP contribution in [0.2, 0.25) is 0 Å². The monoisotopic (exact) mass is 380 g/mol. The highest BCUT2D eigenvalue weighted by Gasteiger charge is 2.34. The molecule has 3 rings (SSSR count). The Balaban J connectivity index is 1.47. The molecule has 1 amide bonds. The van der Waals surface area contributed by atoms with Crippen molar-refractivity contribution < 1.29 is 18.3 Å². The van der Waals surface area contributed by atoms with Gasteiger partial charge in [0.1, 0.15) is 0 Å². The number of likely N-dealkylation sites (tertiary alicyclic amines) is 1. The van der Waals surface area contributed by atoms with Crippen molar-refractivity contribution in [2.75, 3.05) is 19.7 Å². The van der Waals surface area contributed by atoms with Crippen molar-refractivity contribution in [1.82, 2.24) is 9.62 Å². The van der Waals surface area contributed by atoms with E-state index in [-0.39, 0.29) is 35.3 Å². The molecule has 1 aromatic rings. The zero-order valence-corrected chi connectivity index (χ0v) is 15.8. The fourth-order valence-corrected chi connectivity index (χ4v) is 5.21. The van der Waals surface area contributed by atoms with E-state index in [1.54, 1.807) is 30.3 Å². The first-order chi connectivity index (χ1) is 12.5. The van der Waals surface area contributed by atoms with Gasteiger partial charge in [-0.15, -0.1) is 0 Å². The number of aliphatic hydroxyl groups excluding tert-OH is 1. The Morgan fingerprint density at radius 3 is 2.46 bits per heavy atom. The first-order valence-corrected chi connectivity index (χ1v) is 11.0. The second-order valence-electron chi connectivity index (χ2n) is 7.39. The number of nitrogens with zero attached hydrogens (tertiary/aromatic N) is 1. The predicted molar refractivity (Wildman–Crippen MR) is 98.9 cm³/mol. The molecule has 0 aromatic heterocycles. The zero-order valence-electron chi connectivity index (χ0n) is 15.0. The van der Waals surface area contributed by atoms with Gasteiger partial charge in [-0.05, 0) is 56.6 Å². The number of benzene rings is 1. The molecule has 2 fully saturated rings. The molecular formula is C19H28N2O4S. The minimum Gasteiger partial charge on any atom is -0.394 e. The van der Waals surface area contributed by atoms with Crippen LogP contribution in [0.25, 0.3) is 0 Å². The van der Waals surface area contributed by atoms with Crippen LogP contribution in [0.3, 0.4) is 0 Å². The van der Waals surface area contributed by atoms with E-state index in [1.165, 1.54) is 0 Å². The van der Waals surface area contributed by atoms with Crippen molar-refractivity contribution in [1.29, 1.82) is 0 Å². The summed E-state index contributed by atoms with van der Waals surface area (Å²) in [5.74, 6) is 0.457. The lowest BCUT2D eigenvalue weighted by atomic mass is 9.81. The molecule has 1 atom stereocenters. The molecule has 1 aromatic carbocycles. The van der Waals surface area contributed by atoms with Crippen molar-refractivity contribution in [2.24, 2.45) is 11.8 Å². The molecule has 6 nitrogen and oxygen atoms in total. The van der Waals surface area contributed by atoms with E-state index in [1.807, 2.05) is 4.90 Å². The van der Waals surface area contributed by atoms with Gasteiger partial charge in [-0.3, -0.25) is 4.79 Å². The lowest BCUT2D eigenvalue weighted by Crippen LogP contribution is -2.42. The van der Waals surface area contributed by atoms with Gasteiger partial charge >= 0.3 is 0 Å². The number of hydrogen-bond donors (Lipinski definition) is 2. The summed E-state index contributed by atoms with van der Waals surface area (Å²) in [6, 6.07) is 8.38. The third-order valence-electron chi connectivity index (χ3n) is 5.68. The standard InChI is InChI=1S/C19H28N2O4S/c22-14-17-5-4-12-21(17)19(23)16-10-8-15(9-11-16)13-20-26(24,25)18-6-2-1-3-7-18/h1-3,6-7,15-17,20,22H,4-5,8-14H2/t15?,16?,17-/m0/s1. The summed E-state index contributed by atoms with van der Waals surface area (Å²) in [4.78, 5) is 14.8. The molecule has 0 unspecified atom stereocenters. The van der Waals surface area contributed by atoms with Crippen LogP contribution in [0.15, 0.2) is 35.2 Å². The smallest absolute Gasteiger partial charge is 0.240 e. The molecule has 7 heteroatoms. The molecule has 0 radical (unpaired) electrons. The van der Waals surface area contributed by atoms with Crippen LogP contribution in [0.1, 0.15) is 38.5 Å². The quantitative estimate of drug-likeness (QED) is 0.787. The molecule has 26 heavy (non-hydrogen) atoms. The van der Waals surface area contributed by atoms with Gasteiger partial charge in [0.2, 0.25) is 15.9 Å². The van der Waals surface area contributed by atoms with Gasteiger partial charge in [-0.1, -0.05) is 18.2 Å². The summed E-state index contributed by atoms with van der Waals surface area (Å²) in [5.41, 5.74) is 0. The van der Waals surface area contributed by atoms with E-state index in [9.17, 15) is 18.3 Å². The van der Waals surface area contributed by atoms with Gasteiger partial charge in [0.15, 0.2) is 0 Å². The molecule has 1 heterocycles. The minimum absolute atomic E-state index is 0.0158. The van der Waals surface area contributed by atoms with Gasteiger partial charge in [-0.2, -0.15) is 0 Å². The summed E-state index contributed by atoms with van der Waals surface area (Å²) in [7, 11) is -3.47. The SMILES string of the molecule is O=C(C1CCC(CNS(=O)(=O)c2ccccc2)CC1)N1CCC[C@H]1CO. The van der Waals surface area contributed by atoms with Gasteiger partial charge in [0.05, 0.1) is 17.5 Å². The summed E-state index contributed by atoms with van der Waals surface area (Å²) >= 11 is 0. The summed E-state index contributed by atoms with van der Waals surface area (Å²) in [5, 5.41) is 9.41. The van der Waals surface area contributed by atoms with Crippen LogP contribution in [0.5, 0.6) is 0 Å². The summed E-state index contributed by atoms with van der Waals surface area (Å²) in [6.07, 6.45) is 5.15. The fourth-order valence-electron chi connectivity index (χ4n) is 4.07. The molecular weight excluding hydrogens is 352 g/mol. The predicted octanol–water partition coefficient (Wildman–Crippen LogP) is 1.75. The molecule has 1 aliphatic heterocycles. The molecule has 144 valence electrons.